The van der Waals surface area contributed by atoms with Gasteiger partial charge in [0.2, 0.25) is 0 Å². The van der Waals surface area contributed by atoms with Crippen molar-refractivity contribution in [2.24, 2.45) is 5.41 Å². The Morgan fingerprint density at radius 1 is 0.900 bits per heavy atom. The minimum atomic E-state index is -0.0328. The minimum Gasteiger partial charge on any atom is -0.300 e. The first-order chi connectivity index (χ1) is 9.40. The molecule has 0 heterocycles. The second-order valence-corrected chi connectivity index (χ2v) is 7.32. The summed E-state index contributed by atoms with van der Waals surface area (Å²) in [4.78, 5) is 12.2. The largest absolute Gasteiger partial charge is 0.300 e. The molecule has 1 unspecified atom stereocenters. The van der Waals surface area contributed by atoms with E-state index in [9.17, 15) is 4.79 Å². The van der Waals surface area contributed by atoms with Crippen LogP contribution in [0.15, 0.2) is 42.5 Å². The molecule has 3 aliphatic carbocycles. The molecule has 0 saturated heterocycles. The molecular formula is C19H22O. The van der Waals surface area contributed by atoms with Crippen molar-refractivity contribution in [3.05, 3.63) is 48.0 Å². The molecule has 1 saturated carbocycles. The second-order valence-electron chi connectivity index (χ2n) is 7.32. The fourth-order valence-corrected chi connectivity index (χ4v) is 4.14. The van der Waals surface area contributed by atoms with E-state index in [0.717, 1.165) is 12.8 Å². The van der Waals surface area contributed by atoms with E-state index in [2.05, 4.69) is 63.2 Å². The number of rotatable bonds is 1. The zero-order valence-electron chi connectivity index (χ0n) is 12.6. The van der Waals surface area contributed by atoms with Gasteiger partial charge in [-0.15, -0.1) is 0 Å². The minimum absolute atomic E-state index is 0.0328. The van der Waals surface area contributed by atoms with Gasteiger partial charge in [-0.2, -0.15) is 0 Å². The van der Waals surface area contributed by atoms with Gasteiger partial charge in [-0.3, -0.25) is 4.79 Å². The van der Waals surface area contributed by atoms with Gasteiger partial charge in [0.25, 0.3) is 0 Å². The Morgan fingerprint density at radius 2 is 1.65 bits per heavy atom. The highest BCUT2D eigenvalue weighted by molar-refractivity contribution is 5.83. The monoisotopic (exact) mass is 266 g/mol. The third-order valence-corrected chi connectivity index (χ3v) is 4.57. The zero-order chi connectivity index (χ0) is 14.4. The predicted octanol–water partition coefficient (Wildman–Crippen LogP) is 4.83. The van der Waals surface area contributed by atoms with Crippen molar-refractivity contribution < 1.29 is 4.79 Å². The van der Waals surface area contributed by atoms with Crippen LogP contribution in [0.2, 0.25) is 0 Å². The maximum absolute atomic E-state index is 12.2. The lowest BCUT2D eigenvalue weighted by Gasteiger charge is -2.42. The van der Waals surface area contributed by atoms with E-state index in [4.69, 9.17) is 0 Å². The molecule has 0 N–H and O–H groups in total. The predicted molar refractivity (Wildman–Crippen MR) is 83.1 cm³/mol. The van der Waals surface area contributed by atoms with Gasteiger partial charge in [-0.25, -0.2) is 0 Å². The van der Waals surface area contributed by atoms with E-state index in [0.29, 0.717) is 12.2 Å². The first-order valence-corrected chi connectivity index (χ1v) is 7.40. The Balaban J connectivity index is 2.09. The lowest BCUT2D eigenvalue weighted by molar-refractivity contribution is -0.125. The van der Waals surface area contributed by atoms with Gasteiger partial charge in [-0.1, -0.05) is 63.2 Å². The molecule has 1 nitrogen and oxygen atoms in total. The summed E-state index contributed by atoms with van der Waals surface area (Å²) in [6.45, 7) is 6.69. The first kappa shape index (κ1) is 13.4. The van der Waals surface area contributed by atoms with E-state index in [1.807, 2.05) is 0 Å². The van der Waals surface area contributed by atoms with Crippen molar-refractivity contribution in [3.8, 4) is 11.1 Å². The van der Waals surface area contributed by atoms with Crippen LogP contribution in [0.3, 0.4) is 0 Å². The zero-order valence-corrected chi connectivity index (χ0v) is 12.6. The molecule has 20 heavy (non-hydrogen) atoms. The van der Waals surface area contributed by atoms with Gasteiger partial charge < -0.3 is 0 Å². The average molecular weight is 266 g/mol. The maximum atomic E-state index is 12.2. The standard InChI is InChI=1S/C19H22O/c1-18(2)11-15(20)12-19(3,13-18)17-10-9-14-7-5-4-6-8-16(14)17/h4-10H,11-13H2,1-3H3. The molecule has 104 valence electrons. The molecular weight excluding hydrogens is 244 g/mol. The average Bonchev–Trinajstić information content (AvgIpc) is 2.57. The number of hydrogen-bond acceptors (Lipinski definition) is 1. The Morgan fingerprint density at radius 3 is 2.40 bits per heavy atom. The van der Waals surface area contributed by atoms with Gasteiger partial charge in [0.15, 0.2) is 0 Å². The fourth-order valence-electron chi connectivity index (χ4n) is 4.14. The van der Waals surface area contributed by atoms with Crippen LogP contribution in [-0.4, -0.2) is 5.78 Å². The summed E-state index contributed by atoms with van der Waals surface area (Å²) in [5, 5.41) is 0. The van der Waals surface area contributed by atoms with Gasteiger partial charge in [0.1, 0.15) is 5.78 Å². The summed E-state index contributed by atoms with van der Waals surface area (Å²) in [6, 6.07) is 15.0. The summed E-state index contributed by atoms with van der Waals surface area (Å²) in [7, 11) is 0. The van der Waals surface area contributed by atoms with Crippen LogP contribution >= 0.6 is 0 Å². The molecule has 0 spiro atoms. The molecule has 3 rings (SSSR count). The first-order valence-electron chi connectivity index (χ1n) is 7.40. The van der Waals surface area contributed by atoms with Crippen molar-refractivity contribution >= 4 is 5.78 Å². The van der Waals surface area contributed by atoms with Crippen LogP contribution in [-0.2, 0) is 10.2 Å². The molecule has 0 radical (unpaired) electrons. The lowest BCUT2D eigenvalue weighted by atomic mass is 9.61. The SMILES string of the molecule is CC1(C)CC(=O)CC(C)(c2ccc3cccccc2-3)C1. The van der Waals surface area contributed by atoms with Crippen LogP contribution in [0, 0.1) is 5.41 Å². The quantitative estimate of drug-likeness (QED) is 0.722. The van der Waals surface area contributed by atoms with E-state index < -0.39 is 0 Å². The highest BCUT2D eigenvalue weighted by Gasteiger charge is 2.42. The number of hydrogen-bond donors (Lipinski definition) is 0. The van der Waals surface area contributed by atoms with E-state index in [1.165, 1.54) is 16.7 Å². The molecule has 1 fully saturated rings. The summed E-state index contributed by atoms with van der Waals surface area (Å²) >= 11 is 0. The smallest absolute Gasteiger partial charge is 0.134 e. The van der Waals surface area contributed by atoms with E-state index in [1.54, 1.807) is 0 Å². The molecule has 1 heteroatoms. The van der Waals surface area contributed by atoms with Gasteiger partial charge in [0, 0.05) is 18.3 Å². The summed E-state index contributed by atoms with van der Waals surface area (Å²) < 4.78 is 0. The molecule has 0 aromatic carbocycles. The van der Waals surface area contributed by atoms with Crippen molar-refractivity contribution in [1.82, 2.24) is 0 Å². The summed E-state index contributed by atoms with van der Waals surface area (Å²) in [6.07, 6.45) is 2.46. The number of fused-ring (bicyclic) bond motifs is 1. The molecule has 0 bridgehead atoms. The maximum Gasteiger partial charge on any atom is 0.134 e. The molecule has 0 aromatic rings. The normalized spacial score (nSPS) is 25.9. The Bertz CT molecular complexity index is 625. The molecule has 3 aliphatic rings. The Labute approximate surface area is 121 Å². The molecule has 1 atom stereocenters. The summed E-state index contributed by atoms with van der Waals surface area (Å²) in [5.74, 6) is 0.401. The number of Topliss-reactive ketones (excluding diaryl/α,β-unsaturated/α-hetero) is 1. The van der Waals surface area contributed by atoms with E-state index >= 15 is 0 Å². The Hall–Kier alpha value is -1.63. The third kappa shape index (κ3) is 2.26. The van der Waals surface area contributed by atoms with Crippen LogP contribution in [0.4, 0.5) is 0 Å². The Kier molecular flexibility index (Phi) is 2.97. The third-order valence-electron chi connectivity index (χ3n) is 4.57. The fraction of sp³-hybridized carbons (Fsp3) is 0.421. The van der Waals surface area contributed by atoms with Crippen LogP contribution in [0.5, 0.6) is 0 Å². The van der Waals surface area contributed by atoms with Crippen molar-refractivity contribution in [3.63, 3.8) is 0 Å². The van der Waals surface area contributed by atoms with Crippen molar-refractivity contribution in [1.29, 1.82) is 0 Å². The number of carbonyl (C=O) groups excluding carboxylic acids is 1. The number of carbonyl (C=O) groups is 1. The van der Waals surface area contributed by atoms with Crippen molar-refractivity contribution in [2.45, 2.75) is 45.4 Å². The molecule has 0 aromatic heterocycles. The molecule has 0 amide bonds. The van der Waals surface area contributed by atoms with Gasteiger partial charge in [0.05, 0.1) is 0 Å². The highest BCUT2D eigenvalue weighted by Crippen LogP contribution is 2.49. The second kappa shape index (κ2) is 4.44. The van der Waals surface area contributed by atoms with Crippen LogP contribution in [0.1, 0.15) is 45.6 Å². The number of ketones is 1. The van der Waals surface area contributed by atoms with Crippen molar-refractivity contribution in [2.75, 3.05) is 0 Å². The van der Waals surface area contributed by atoms with Crippen LogP contribution < -0.4 is 0 Å². The van der Waals surface area contributed by atoms with Gasteiger partial charge >= 0.3 is 0 Å². The highest BCUT2D eigenvalue weighted by atomic mass is 16.1. The topological polar surface area (TPSA) is 17.1 Å². The molecule has 0 aliphatic heterocycles. The summed E-state index contributed by atoms with van der Waals surface area (Å²) in [5.41, 5.74) is 3.97. The van der Waals surface area contributed by atoms with E-state index in [-0.39, 0.29) is 10.8 Å². The van der Waals surface area contributed by atoms with Crippen LogP contribution in [0.25, 0.3) is 11.1 Å². The van der Waals surface area contributed by atoms with Gasteiger partial charge in [-0.05, 0) is 28.5 Å². The lowest BCUT2D eigenvalue weighted by Crippen LogP contribution is -2.38.